The zero-order chi connectivity index (χ0) is 15.4. The molecule has 2 unspecified atom stereocenters. The Kier molecular flexibility index (Phi) is 3.07. The first-order chi connectivity index (χ1) is 10.4. The highest BCUT2D eigenvalue weighted by Crippen LogP contribution is 2.66. The second-order valence-corrected chi connectivity index (χ2v) is 9.05. The van der Waals surface area contributed by atoms with Gasteiger partial charge in [0.2, 0.25) is 0 Å². The number of carbonyl (C=O) groups excluding carboxylic acids is 1. The van der Waals surface area contributed by atoms with Gasteiger partial charge in [-0.3, -0.25) is 4.79 Å². The minimum absolute atomic E-state index is 0.216. The fourth-order valence-corrected chi connectivity index (χ4v) is 6.64. The van der Waals surface area contributed by atoms with Crippen LogP contribution in [0.3, 0.4) is 0 Å². The molecule has 2 atom stereocenters. The molecule has 4 fully saturated rings. The van der Waals surface area contributed by atoms with Crippen molar-refractivity contribution in [2.75, 3.05) is 6.54 Å². The van der Waals surface area contributed by atoms with Crippen LogP contribution in [0.4, 0.5) is 0 Å². The zero-order valence-corrected chi connectivity index (χ0v) is 13.8. The summed E-state index contributed by atoms with van der Waals surface area (Å²) in [6.07, 6.45) is 7.98. The molecular formula is C20H27NO. The Labute approximate surface area is 133 Å². The van der Waals surface area contributed by atoms with E-state index in [4.69, 9.17) is 0 Å². The molecule has 0 radical (unpaired) electrons. The first-order valence-electron chi connectivity index (χ1n) is 8.73. The van der Waals surface area contributed by atoms with Crippen LogP contribution in [-0.4, -0.2) is 17.9 Å². The van der Waals surface area contributed by atoms with Gasteiger partial charge in [-0.15, -0.1) is 0 Å². The molecule has 4 aliphatic carbocycles. The van der Waals surface area contributed by atoms with Gasteiger partial charge in [-0.1, -0.05) is 44.2 Å². The average Bonchev–Trinajstić information content (AvgIpc) is 2.42. The van der Waals surface area contributed by atoms with Gasteiger partial charge >= 0.3 is 0 Å². The standard InChI is InChI=1S/C20H27NO/c1-18-8-15-9-19(2,12-18)14-20(10-15,13-18)21-11-17(22)16-6-4-3-5-7-16/h3-7,15,21H,8-14H2,1-2H3. The van der Waals surface area contributed by atoms with Crippen molar-refractivity contribution in [3.63, 3.8) is 0 Å². The molecule has 0 aliphatic heterocycles. The molecule has 0 saturated heterocycles. The molecule has 22 heavy (non-hydrogen) atoms. The van der Waals surface area contributed by atoms with Crippen molar-refractivity contribution >= 4 is 5.78 Å². The van der Waals surface area contributed by atoms with E-state index in [-0.39, 0.29) is 11.3 Å². The summed E-state index contributed by atoms with van der Waals surface area (Å²) in [6.45, 7) is 5.44. The topological polar surface area (TPSA) is 29.1 Å². The van der Waals surface area contributed by atoms with Crippen molar-refractivity contribution in [2.45, 2.75) is 57.9 Å². The highest BCUT2D eigenvalue weighted by Gasteiger charge is 2.59. The van der Waals surface area contributed by atoms with Gasteiger partial charge in [0.1, 0.15) is 0 Å². The number of nitrogens with one attached hydrogen (secondary N) is 1. The van der Waals surface area contributed by atoms with E-state index in [1.54, 1.807) is 0 Å². The lowest BCUT2D eigenvalue weighted by Crippen LogP contribution is -2.64. The molecule has 0 amide bonds. The molecule has 4 bridgehead atoms. The summed E-state index contributed by atoms with van der Waals surface area (Å²) in [5.74, 6) is 1.09. The van der Waals surface area contributed by atoms with Crippen LogP contribution in [0.25, 0.3) is 0 Å². The Morgan fingerprint density at radius 3 is 2.27 bits per heavy atom. The Bertz CT molecular complexity index is 575. The van der Waals surface area contributed by atoms with E-state index in [9.17, 15) is 4.79 Å². The number of ketones is 1. The molecule has 1 aromatic carbocycles. The van der Waals surface area contributed by atoms with Gasteiger partial charge in [0.25, 0.3) is 0 Å². The lowest BCUT2D eigenvalue weighted by atomic mass is 9.43. The fraction of sp³-hybridized carbons (Fsp3) is 0.650. The van der Waals surface area contributed by atoms with E-state index in [2.05, 4.69) is 19.2 Å². The van der Waals surface area contributed by atoms with Crippen molar-refractivity contribution in [1.82, 2.24) is 5.32 Å². The number of Topliss-reactive ketones (excluding diaryl/α,β-unsaturated/α-hetero) is 1. The number of hydrogen-bond donors (Lipinski definition) is 1. The van der Waals surface area contributed by atoms with Gasteiger partial charge in [-0.05, 0) is 55.3 Å². The average molecular weight is 297 g/mol. The first kappa shape index (κ1) is 14.4. The Balaban J connectivity index is 1.50. The van der Waals surface area contributed by atoms with E-state index in [1.165, 1.54) is 38.5 Å². The lowest BCUT2D eigenvalue weighted by Gasteiger charge is -2.65. The lowest BCUT2D eigenvalue weighted by molar-refractivity contribution is -0.116. The molecular weight excluding hydrogens is 270 g/mol. The zero-order valence-electron chi connectivity index (χ0n) is 13.8. The van der Waals surface area contributed by atoms with E-state index in [0.717, 1.165) is 11.5 Å². The second kappa shape index (κ2) is 4.67. The third kappa shape index (κ3) is 2.42. The van der Waals surface area contributed by atoms with Crippen molar-refractivity contribution in [1.29, 1.82) is 0 Å². The predicted molar refractivity (Wildman–Crippen MR) is 88.9 cm³/mol. The smallest absolute Gasteiger partial charge is 0.176 e. The Morgan fingerprint density at radius 2 is 1.68 bits per heavy atom. The molecule has 2 heteroatoms. The number of hydrogen-bond acceptors (Lipinski definition) is 2. The van der Waals surface area contributed by atoms with E-state index < -0.39 is 0 Å². The van der Waals surface area contributed by atoms with Crippen LogP contribution >= 0.6 is 0 Å². The molecule has 4 aliphatic rings. The van der Waals surface area contributed by atoms with E-state index in [0.29, 0.717) is 17.4 Å². The molecule has 5 rings (SSSR count). The summed E-state index contributed by atoms with van der Waals surface area (Å²) < 4.78 is 0. The molecule has 4 saturated carbocycles. The van der Waals surface area contributed by atoms with Gasteiger partial charge < -0.3 is 5.32 Å². The van der Waals surface area contributed by atoms with Gasteiger partial charge in [-0.25, -0.2) is 0 Å². The minimum Gasteiger partial charge on any atom is -0.304 e. The van der Waals surface area contributed by atoms with Crippen molar-refractivity contribution in [3.8, 4) is 0 Å². The first-order valence-corrected chi connectivity index (χ1v) is 8.73. The van der Waals surface area contributed by atoms with Crippen LogP contribution in [0.15, 0.2) is 30.3 Å². The van der Waals surface area contributed by atoms with Gasteiger partial charge in [0.15, 0.2) is 5.78 Å². The highest BCUT2D eigenvalue weighted by molar-refractivity contribution is 5.97. The maximum Gasteiger partial charge on any atom is 0.176 e. The monoisotopic (exact) mass is 297 g/mol. The van der Waals surface area contributed by atoms with Crippen LogP contribution in [0, 0.1) is 16.7 Å². The maximum absolute atomic E-state index is 12.4. The summed E-state index contributed by atoms with van der Waals surface area (Å²) in [7, 11) is 0. The van der Waals surface area contributed by atoms with Crippen LogP contribution in [0.2, 0.25) is 0 Å². The fourth-order valence-electron chi connectivity index (χ4n) is 6.64. The molecule has 118 valence electrons. The highest BCUT2D eigenvalue weighted by atomic mass is 16.1. The van der Waals surface area contributed by atoms with Gasteiger partial charge in [-0.2, -0.15) is 0 Å². The van der Waals surface area contributed by atoms with Gasteiger partial charge in [0, 0.05) is 11.1 Å². The molecule has 0 aromatic heterocycles. The van der Waals surface area contributed by atoms with Crippen LogP contribution in [-0.2, 0) is 0 Å². The molecule has 0 heterocycles. The Morgan fingerprint density at radius 1 is 1.05 bits per heavy atom. The third-order valence-electron chi connectivity index (χ3n) is 6.35. The SMILES string of the molecule is CC12CC3CC(C)(C1)CC(NCC(=O)c1ccccc1)(C3)C2. The van der Waals surface area contributed by atoms with Crippen LogP contribution in [0.5, 0.6) is 0 Å². The normalized spacial score (nSPS) is 42.5. The van der Waals surface area contributed by atoms with Gasteiger partial charge in [0.05, 0.1) is 6.54 Å². The molecule has 1 N–H and O–H groups in total. The van der Waals surface area contributed by atoms with E-state index >= 15 is 0 Å². The summed E-state index contributed by atoms with van der Waals surface area (Å²) in [5, 5.41) is 3.73. The van der Waals surface area contributed by atoms with Crippen LogP contribution in [0.1, 0.15) is 62.7 Å². The summed E-state index contributed by atoms with van der Waals surface area (Å²) in [4.78, 5) is 12.4. The van der Waals surface area contributed by atoms with Crippen molar-refractivity contribution in [3.05, 3.63) is 35.9 Å². The second-order valence-electron chi connectivity index (χ2n) is 9.05. The van der Waals surface area contributed by atoms with Crippen LogP contribution < -0.4 is 5.32 Å². The minimum atomic E-state index is 0.216. The molecule has 1 aromatic rings. The molecule has 0 spiro atoms. The summed E-state index contributed by atoms with van der Waals surface area (Å²) in [5.41, 5.74) is 2.04. The summed E-state index contributed by atoms with van der Waals surface area (Å²) in [6, 6.07) is 9.70. The Hall–Kier alpha value is -1.15. The van der Waals surface area contributed by atoms with Crippen molar-refractivity contribution in [2.24, 2.45) is 16.7 Å². The van der Waals surface area contributed by atoms with Crippen molar-refractivity contribution < 1.29 is 4.79 Å². The number of carbonyl (C=O) groups is 1. The summed E-state index contributed by atoms with van der Waals surface area (Å²) >= 11 is 0. The third-order valence-corrected chi connectivity index (χ3v) is 6.35. The maximum atomic E-state index is 12.4. The number of benzene rings is 1. The predicted octanol–water partition coefficient (Wildman–Crippen LogP) is 4.21. The van der Waals surface area contributed by atoms with E-state index in [1.807, 2.05) is 30.3 Å². The number of rotatable bonds is 4. The largest absolute Gasteiger partial charge is 0.304 e. The quantitative estimate of drug-likeness (QED) is 0.844. The molecule has 2 nitrogen and oxygen atoms in total.